The summed E-state index contributed by atoms with van der Waals surface area (Å²) in [5.74, 6) is 1.68. The van der Waals surface area contributed by atoms with Crippen LogP contribution in [0.15, 0.2) is 22.5 Å². The van der Waals surface area contributed by atoms with Crippen molar-refractivity contribution >= 4 is 41.3 Å². The van der Waals surface area contributed by atoms with Gasteiger partial charge in [0.1, 0.15) is 0 Å². The first kappa shape index (κ1) is 24.1. The van der Waals surface area contributed by atoms with E-state index in [2.05, 4.69) is 63.9 Å². The van der Waals surface area contributed by atoms with Crippen LogP contribution in [0, 0.1) is 19.8 Å². The fourth-order valence-corrected chi connectivity index (χ4v) is 4.75. The molecule has 6 nitrogen and oxygen atoms in total. The number of nitrogens with one attached hydrogen (secondary N) is 2. The number of aryl methyl sites for hydroxylation is 2. The number of hydrogen-bond acceptors (Lipinski definition) is 4. The average Bonchev–Trinajstić information content (AvgIpc) is 3.29. The molecule has 1 fully saturated rings. The quantitative estimate of drug-likeness (QED) is 0.339. The lowest BCUT2D eigenvalue weighted by atomic mass is 9.97. The number of halogens is 1. The van der Waals surface area contributed by atoms with Crippen molar-refractivity contribution in [3.05, 3.63) is 39.3 Å². The molecule has 8 heteroatoms. The molecular weight excluding hydrogens is 495 g/mol. The fourth-order valence-electron chi connectivity index (χ4n) is 3.89. The van der Waals surface area contributed by atoms with Gasteiger partial charge in [0.25, 0.3) is 0 Å². The number of aliphatic imine (C=N–C) groups is 1. The molecule has 29 heavy (non-hydrogen) atoms. The minimum absolute atomic E-state index is 0. The fraction of sp³-hybridized carbons (Fsp3) is 0.619. The molecule has 0 radical (unpaired) electrons. The van der Waals surface area contributed by atoms with E-state index in [-0.39, 0.29) is 24.0 Å². The summed E-state index contributed by atoms with van der Waals surface area (Å²) in [5.41, 5.74) is 3.51. The van der Waals surface area contributed by atoms with Gasteiger partial charge in [0.15, 0.2) is 5.96 Å². The highest BCUT2D eigenvalue weighted by atomic mass is 127. The van der Waals surface area contributed by atoms with Crippen LogP contribution in [-0.2, 0) is 13.6 Å². The van der Waals surface area contributed by atoms with Gasteiger partial charge in [-0.2, -0.15) is 5.10 Å². The highest BCUT2D eigenvalue weighted by Gasteiger charge is 2.25. The maximum absolute atomic E-state index is 4.50. The third kappa shape index (κ3) is 6.18. The molecule has 1 aliphatic rings. The molecule has 2 N–H and O–H groups in total. The van der Waals surface area contributed by atoms with Gasteiger partial charge >= 0.3 is 0 Å². The molecule has 1 unspecified atom stereocenters. The molecule has 2 aromatic rings. The minimum atomic E-state index is 0. The van der Waals surface area contributed by atoms with Crippen LogP contribution in [0.4, 0.5) is 0 Å². The number of hydrogen-bond donors (Lipinski definition) is 2. The third-order valence-electron chi connectivity index (χ3n) is 5.91. The second-order valence-corrected chi connectivity index (χ2v) is 8.81. The first-order valence-corrected chi connectivity index (χ1v) is 11.1. The summed E-state index contributed by atoms with van der Waals surface area (Å²) in [7, 11) is 3.82. The number of nitrogens with zero attached hydrogens (tertiary/aromatic N) is 4. The van der Waals surface area contributed by atoms with Gasteiger partial charge in [-0.15, -0.1) is 35.3 Å². The molecular formula is C21H35IN6S. The molecule has 0 bridgehead atoms. The van der Waals surface area contributed by atoms with Gasteiger partial charge in [-0.25, -0.2) is 0 Å². The number of guanidine groups is 1. The Morgan fingerprint density at radius 3 is 2.59 bits per heavy atom. The smallest absolute Gasteiger partial charge is 0.191 e. The summed E-state index contributed by atoms with van der Waals surface area (Å²) in [4.78, 5) is 8.49. The van der Waals surface area contributed by atoms with Gasteiger partial charge in [0, 0.05) is 43.3 Å². The van der Waals surface area contributed by atoms with E-state index in [0.29, 0.717) is 6.04 Å². The van der Waals surface area contributed by atoms with Crippen molar-refractivity contribution in [1.29, 1.82) is 0 Å². The maximum Gasteiger partial charge on any atom is 0.191 e. The maximum atomic E-state index is 4.50. The van der Waals surface area contributed by atoms with Crippen LogP contribution in [0.1, 0.15) is 47.6 Å². The normalized spacial score (nSPS) is 17.1. The predicted molar refractivity (Wildman–Crippen MR) is 133 cm³/mol. The van der Waals surface area contributed by atoms with Crippen LogP contribution in [0.2, 0.25) is 0 Å². The van der Waals surface area contributed by atoms with Crippen LogP contribution in [-0.4, -0.2) is 47.3 Å². The zero-order valence-corrected chi connectivity index (χ0v) is 21.4. The summed E-state index contributed by atoms with van der Waals surface area (Å²) in [5, 5.41) is 13.7. The Kier molecular flexibility index (Phi) is 9.42. The van der Waals surface area contributed by atoms with Crippen molar-refractivity contribution < 1.29 is 0 Å². The molecule has 0 aromatic carbocycles. The van der Waals surface area contributed by atoms with Crippen LogP contribution in [0.5, 0.6) is 0 Å². The topological polar surface area (TPSA) is 57.5 Å². The minimum Gasteiger partial charge on any atom is -0.354 e. The molecule has 0 amide bonds. The number of piperidine rings is 1. The largest absolute Gasteiger partial charge is 0.354 e. The van der Waals surface area contributed by atoms with E-state index in [4.69, 9.17) is 0 Å². The second kappa shape index (κ2) is 11.3. The molecule has 2 aromatic heterocycles. The summed E-state index contributed by atoms with van der Waals surface area (Å²) < 4.78 is 1.94. The second-order valence-electron chi connectivity index (χ2n) is 7.83. The molecule has 162 valence electrons. The number of likely N-dealkylation sites (tertiary alicyclic amines) is 1. The molecule has 3 rings (SSSR count). The SMILES string of the molecule is CN=C(NCc1c(C)nn(C)c1C)NCC(c1cccs1)N1CCC(C)CC1.I. The Balaban J connectivity index is 0.00000300. The molecule has 0 aliphatic carbocycles. The first-order valence-electron chi connectivity index (χ1n) is 10.2. The Bertz CT molecular complexity index is 777. The Morgan fingerprint density at radius 1 is 1.31 bits per heavy atom. The zero-order chi connectivity index (χ0) is 20.1. The van der Waals surface area contributed by atoms with Crippen LogP contribution >= 0.6 is 35.3 Å². The molecule has 1 saturated heterocycles. The van der Waals surface area contributed by atoms with E-state index in [1.807, 2.05) is 30.1 Å². The van der Waals surface area contributed by atoms with Crippen molar-refractivity contribution in [3.63, 3.8) is 0 Å². The van der Waals surface area contributed by atoms with Crippen molar-refractivity contribution in [1.82, 2.24) is 25.3 Å². The summed E-state index contributed by atoms with van der Waals surface area (Å²) in [6, 6.07) is 4.81. The van der Waals surface area contributed by atoms with Crippen LogP contribution in [0.3, 0.4) is 0 Å². The van der Waals surface area contributed by atoms with Gasteiger partial charge < -0.3 is 10.6 Å². The van der Waals surface area contributed by atoms with Crippen LogP contribution in [0.25, 0.3) is 0 Å². The van der Waals surface area contributed by atoms with Gasteiger partial charge in [-0.05, 0) is 57.1 Å². The van der Waals surface area contributed by atoms with E-state index < -0.39 is 0 Å². The lowest BCUT2D eigenvalue weighted by Crippen LogP contribution is -2.44. The van der Waals surface area contributed by atoms with Crippen molar-refractivity contribution in [2.45, 2.75) is 46.2 Å². The van der Waals surface area contributed by atoms with Gasteiger partial charge in [-0.1, -0.05) is 13.0 Å². The van der Waals surface area contributed by atoms with Crippen molar-refractivity contribution in [3.8, 4) is 0 Å². The highest BCUT2D eigenvalue weighted by molar-refractivity contribution is 14.0. The lowest BCUT2D eigenvalue weighted by molar-refractivity contribution is 0.140. The molecule has 1 atom stereocenters. The monoisotopic (exact) mass is 530 g/mol. The Labute approximate surface area is 196 Å². The molecule has 1 aliphatic heterocycles. The van der Waals surface area contributed by atoms with Gasteiger partial charge in [-0.3, -0.25) is 14.6 Å². The lowest BCUT2D eigenvalue weighted by Gasteiger charge is -2.36. The Hall–Kier alpha value is -1.13. The number of rotatable bonds is 6. The predicted octanol–water partition coefficient (Wildman–Crippen LogP) is 3.85. The van der Waals surface area contributed by atoms with E-state index >= 15 is 0 Å². The van der Waals surface area contributed by atoms with Crippen LogP contribution < -0.4 is 10.6 Å². The number of aromatic nitrogens is 2. The van der Waals surface area contributed by atoms with E-state index in [1.165, 1.54) is 42.1 Å². The number of thiophene rings is 1. The highest BCUT2D eigenvalue weighted by Crippen LogP contribution is 2.29. The molecule has 3 heterocycles. The van der Waals surface area contributed by atoms with Crippen molar-refractivity contribution in [2.75, 3.05) is 26.7 Å². The average molecular weight is 531 g/mol. The Morgan fingerprint density at radius 2 is 2.03 bits per heavy atom. The van der Waals surface area contributed by atoms with E-state index in [1.54, 1.807) is 0 Å². The summed E-state index contributed by atoms with van der Waals surface area (Å²) in [6.07, 6.45) is 2.57. The first-order chi connectivity index (χ1) is 13.5. The molecule has 0 saturated carbocycles. The van der Waals surface area contributed by atoms with Gasteiger partial charge in [0.05, 0.1) is 11.7 Å². The van der Waals surface area contributed by atoms with Crippen molar-refractivity contribution in [2.24, 2.45) is 18.0 Å². The molecule has 0 spiro atoms. The van der Waals surface area contributed by atoms with E-state index in [9.17, 15) is 0 Å². The van der Waals surface area contributed by atoms with E-state index in [0.717, 1.165) is 30.7 Å². The zero-order valence-electron chi connectivity index (χ0n) is 18.2. The third-order valence-corrected chi connectivity index (χ3v) is 6.88. The summed E-state index contributed by atoms with van der Waals surface area (Å²) >= 11 is 1.85. The summed E-state index contributed by atoms with van der Waals surface area (Å²) in [6.45, 7) is 10.5. The standard InChI is InChI=1S/C21H34N6S.HI/c1-15-8-10-27(11-9-15)19(20-7-6-12-28-20)14-24-21(22-4)23-13-18-16(2)25-26(5)17(18)3;/h6-7,12,15,19H,8-11,13-14H2,1-5H3,(H2,22,23,24);1H. The van der Waals surface area contributed by atoms with Gasteiger partial charge in [0.2, 0.25) is 0 Å².